The zero-order valence-electron chi connectivity index (χ0n) is 12.5. The summed E-state index contributed by atoms with van der Waals surface area (Å²) in [5.41, 5.74) is 3.90. The molecule has 0 aliphatic carbocycles. The van der Waals surface area contributed by atoms with Crippen molar-refractivity contribution >= 4 is 5.69 Å². The van der Waals surface area contributed by atoms with Gasteiger partial charge in [0.25, 0.3) is 0 Å². The summed E-state index contributed by atoms with van der Waals surface area (Å²) in [7, 11) is 0. The molecular formula is C17H22N4. The van der Waals surface area contributed by atoms with E-state index >= 15 is 0 Å². The van der Waals surface area contributed by atoms with Crippen LogP contribution in [0, 0.1) is 0 Å². The number of hydrogen-bond donors (Lipinski definition) is 1. The van der Waals surface area contributed by atoms with Crippen LogP contribution < -0.4 is 10.2 Å². The van der Waals surface area contributed by atoms with Crippen LogP contribution in [-0.2, 0) is 6.42 Å². The molecule has 0 saturated carbocycles. The van der Waals surface area contributed by atoms with E-state index < -0.39 is 0 Å². The summed E-state index contributed by atoms with van der Waals surface area (Å²) in [5.74, 6) is 0. The minimum absolute atomic E-state index is 0.254. The first-order chi connectivity index (χ1) is 10.3. The molecule has 0 bridgehead atoms. The fraction of sp³-hybridized carbons (Fsp3) is 0.412. The summed E-state index contributed by atoms with van der Waals surface area (Å²) >= 11 is 0. The third kappa shape index (κ3) is 3.39. The molecule has 0 radical (unpaired) electrons. The van der Waals surface area contributed by atoms with Gasteiger partial charge in [-0.2, -0.15) is 0 Å². The van der Waals surface area contributed by atoms with E-state index in [0.717, 1.165) is 31.7 Å². The van der Waals surface area contributed by atoms with Crippen LogP contribution in [0.3, 0.4) is 0 Å². The van der Waals surface area contributed by atoms with Crippen molar-refractivity contribution in [2.75, 3.05) is 24.5 Å². The molecule has 1 atom stereocenters. The number of nitrogens with one attached hydrogen (secondary N) is 1. The highest BCUT2D eigenvalue weighted by Gasteiger charge is 2.17. The van der Waals surface area contributed by atoms with Crippen molar-refractivity contribution < 1.29 is 0 Å². The van der Waals surface area contributed by atoms with Crippen molar-refractivity contribution in [2.24, 2.45) is 0 Å². The molecule has 0 fully saturated rings. The van der Waals surface area contributed by atoms with Gasteiger partial charge in [-0.15, -0.1) is 0 Å². The summed E-state index contributed by atoms with van der Waals surface area (Å²) in [6, 6.07) is 8.99. The second kappa shape index (κ2) is 6.68. The van der Waals surface area contributed by atoms with Gasteiger partial charge in [0.1, 0.15) is 0 Å². The predicted octanol–water partition coefficient (Wildman–Crippen LogP) is 2.58. The molecule has 1 aromatic heterocycles. The molecule has 0 amide bonds. The molecule has 1 N–H and O–H groups in total. The van der Waals surface area contributed by atoms with Gasteiger partial charge in [-0.25, -0.2) is 0 Å². The maximum Gasteiger partial charge on any atom is 0.0753 e. The van der Waals surface area contributed by atoms with E-state index in [1.807, 2.05) is 6.20 Å². The van der Waals surface area contributed by atoms with Crippen LogP contribution in [-0.4, -0.2) is 29.6 Å². The van der Waals surface area contributed by atoms with Gasteiger partial charge in [-0.1, -0.05) is 18.2 Å². The van der Waals surface area contributed by atoms with E-state index in [1.165, 1.54) is 17.7 Å². The van der Waals surface area contributed by atoms with E-state index in [2.05, 4.69) is 51.4 Å². The largest absolute Gasteiger partial charge is 0.371 e. The highest BCUT2D eigenvalue weighted by Crippen LogP contribution is 2.27. The monoisotopic (exact) mass is 282 g/mol. The molecule has 1 aromatic carbocycles. The van der Waals surface area contributed by atoms with Gasteiger partial charge in [0.2, 0.25) is 0 Å². The Bertz CT molecular complexity index is 570. The molecule has 1 unspecified atom stereocenters. The molecule has 110 valence electrons. The Morgan fingerprint density at radius 3 is 3.05 bits per heavy atom. The van der Waals surface area contributed by atoms with Gasteiger partial charge in [-0.3, -0.25) is 9.97 Å². The number of hydrogen-bond acceptors (Lipinski definition) is 4. The molecule has 1 aliphatic rings. The normalized spacial score (nSPS) is 15.0. The molecule has 2 heterocycles. The molecule has 1 aliphatic heterocycles. The standard InChI is InChI=1S/C17H22N4/c1-14(16-13-18-9-10-20-16)19-8-4-11-21-12-7-15-5-2-3-6-17(15)21/h2-3,5-6,9-10,13-14,19H,4,7-8,11-12H2,1H3. The van der Waals surface area contributed by atoms with E-state index in [1.54, 1.807) is 12.4 Å². The Morgan fingerprint density at radius 2 is 2.19 bits per heavy atom. The Kier molecular flexibility index (Phi) is 4.46. The minimum Gasteiger partial charge on any atom is -0.371 e. The zero-order valence-corrected chi connectivity index (χ0v) is 12.5. The second-order valence-electron chi connectivity index (χ2n) is 5.53. The average molecular weight is 282 g/mol. The quantitative estimate of drug-likeness (QED) is 0.827. The van der Waals surface area contributed by atoms with Crippen molar-refractivity contribution in [3.63, 3.8) is 0 Å². The number of nitrogens with zero attached hydrogens (tertiary/aromatic N) is 3. The topological polar surface area (TPSA) is 41.0 Å². The molecule has 3 rings (SSSR count). The number of para-hydroxylation sites is 1. The summed E-state index contributed by atoms with van der Waals surface area (Å²) < 4.78 is 0. The van der Waals surface area contributed by atoms with Gasteiger partial charge in [0.05, 0.1) is 5.69 Å². The lowest BCUT2D eigenvalue weighted by atomic mass is 10.2. The molecule has 2 aromatic rings. The first kappa shape index (κ1) is 14.0. The number of aromatic nitrogens is 2. The van der Waals surface area contributed by atoms with Gasteiger partial charge >= 0.3 is 0 Å². The number of fused-ring (bicyclic) bond motifs is 1. The minimum atomic E-state index is 0.254. The Balaban J connectivity index is 1.43. The van der Waals surface area contributed by atoms with E-state index in [-0.39, 0.29) is 6.04 Å². The fourth-order valence-corrected chi connectivity index (χ4v) is 2.87. The smallest absolute Gasteiger partial charge is 0.0753 e. The summed E-state index contributed by atoms with van der Waals surface area (Å²) in [4.78, 5) is 10.9. The summed E-state index contributed by atoms with van der Waals surface area (Å²) in [6.45, 7) is 5.39. The van der Waals surface area contributed by atoms with Crippen molar-refractivity contribution in [3.8, 4) is 0 Å². The van der Waals surface area contributed by atoms with Gasteiger partial charge < -0.3 is 10.2 Å². The van der Waals surface area contributed by atoms with Crippen molar-refractivity contribution in [2.45, 2.75) is 25.8 Å². The fourth-order valence-electron chi connectivity index (χ4n) is 2.87. The van der Waals surface area contributed by atoms with Gasteiger partial charge in [0.15, 0.2) is 0 Å². The third-order valence-electron chi connectivity index (χ3n) is 4.07. The summed E-state index contributed by atoms with van der Waals surface area (Å²) in [5, 5.41) is 3.52. The molecule has 21 heavy (non-hydrogen) atoms. The maximum absolute atomic E-state index is 4.33. The van der Waals surface area contributed by atoms with E-state index in [4.69, 9.17) is 0 Å². The van der Waals surface area contributed by atoms with Crippen LogP contribution in [0.1, 0.15) is 30.6 Å². The molecule has 0 spiro atoms. The van der Waals surface area contributed by atoms with Crippen LogP contribution in [0.15, 0.2) is 42.9 Å². The Hall–Kier alpha value is -1.94. The lowest BCUT2D eigenvalue weighted by Gasteiger charge is -2.20. The predicted molar refractivity (Wildman–Crippen MR) is 85.4 cm³/mol. The van der Waals surface area contributed by atoms with Gasteiger partial charge in [-0.05, 0) is 37.9 Å². The molecule has 0 saturated heterocycles. The van der Waals surface area contributed by atoms with Crippen molar-refractivity contribution in [1.82, 2.24) is 15.3 Å². The maximum atomic E-state index is 4.33. The van der Waals surface area contributed by atoms with E-state index in [0.29, 0.717) is 0 Å². The highest BCUT2D eigenvalue weighted by molar-refractivity contribution is 5.57. The first-order valence-electron chi connectivity index (χ1n) is 7.67. The van der Waals surface area contributed by atoms with Crippen molar-refractivity contribution in [1.29, 1.82) is 0 Å². The molecule has 4 nitrogen and oxygen atoms in total. The number of anilines is 1. The van der Waals surface area contributed by atoms with E-state index in [9.17, 15) is 0 Å². The SMILES string of the molecule is CC(NCCCN1CCc2ccccc21)c1cnccn1. The highest BCUT2D eigenvalue weighted by atomic mass is 15.1. The zero-order chi connectivity index (χ0) is 14.5. The second-order valence-corrected chi connectivity index (χ2v) is 5.53. The van der Waals surface area contributed by atoms with Crippen LogP contribution in [0.4, 0.5) is 5.69 Å². The van der Waals surface area contributed by atoms with Crippen molar-refractivity contribution in [3.05, 3.63) is 54.1 Å². The summed E-state index contributed by atoms with van der Waals surface area (Å²) in [6.07, 6.45) is 7.60. The van der Waals surface area contributed by atoms with Gasteiger partial charge in [0, 0.05) is 43.4 Å². The Labute approximate surface area is 126 Å². The van der Waals surface area contributed by atoms with Crippen LogP contribution >= 0.6 is 0 Å². The Morgan fingerprint density at radius 1 is 1.29 bits per heavy atom. The third-order valence-corrected chi connectivity index (χ3v) is 4.07. The lowest BCUT2D eigenvalue weighted by Crippen LogP contribution is -2.27. The van der Waals surface area contributed by atoms with Crippen LogP contribution in [0.5, 0.6) is 0 Å². The van der Waals surface area contributed by atoms with Crippen LogP contribution in [0.2, 0.25) is 0 Å². The molecular weight excluding hydrogens is 260 g/mol. The lowest BCUT2D eigenvalue weighted by molar-refractivity contribution is 0.544. The average Bonchev–Trinajstić information content (AvgIpc) is 2.95. The number of benzene rings is 1. The first-order valence-corrected chi connectivity index (χ1v) is 7.67. The van der Waals surface area contributed by atoms with Crippen LogP contribution in [0.25, 0.3) is 0 Å². The number of rotatable bonds is 6. The molecule has 4 heteroatoms.